The summed E-state index contributed by atoms with van der Waals surface area (Å²) in [6.45, 7) is 7.88. The van der Waals surface area contributed by atoms with Crippen molar-refractivity contribution in [2.24, 2.45) is 5.92 Å². The third-order valence-electron chi connectivity index (χ3n) is 11.7. The Bertz CT molecular complexity index is 2720. The zero-order valence-electron chi connectivity index (χ0n) is 36.9. The first-order valence-corrected chi connectivity index (χ1v) is 22.0. The first-order chi connectivity index (χ1) is 32.0. The number of aromatic carboxylic acids is 1. The van der Waals surface area contributed by atoms with Crippen molar-refractivity contribution in [3.05, 3.63) is 89.3 Å². The highest BCUT2D eigenvalue weighted by atomic mass is 35.5. The molecular formula is C45H48ClN11O10. The molecule has 0 saturated carbocycles. The van der Waals surface area contributed by atoms with Gasteiger partial charge in [-0.25, -0.2) is 19.0 Å². The lowest BCUT2D eigenvalue weighted by molar-refractivity contribution is -0.149. The average molecular weight is 938 g/mol. The molecular weight excluding hydrogens is 890 g/mol. The first kappa shape index (κ1) is 46.2. The van der Waals surface area contributed by atoms with Crippen LogP contribution in [0.25, 0.3) is 16.6 Å². The van der Waals surface area contributed by atoms with Crippen molar-refractivity contribution < 1.29 is 48.1 Å². The number of aromatic nitrogens is 5. The van der Waals surface area contributed by atoms with E-state index in [0.717, 1.165) is 4.57 Å². The van der Waals surface area contributed by atoms with Crippen molar-refractivity contribution in [3.8, 4) is 5.69 Å². The number of halogens is 1. The molecule has 0 bridgehead atoms. The van der Waals surface area contributed by atoms with E-state index in [-0.39, 0.29) is 60.0 Å². The Labute approximate surface area is 388 Å². The van der Waals surface area contributed by atoms with E-state index in [0.29, 0.717) is 79.6 Å². The molecule has 3 fully saturated rings. The zero-order valence-corrected chi connectivity index (χ0v) is 37.6. The summed E-state index contributed by atoms with van der Waals surface area (Å²) in [5.74, 6) is -3.99. The number of rotatable bonds is 10. The van der Waals surface area contributed by atoms with Crippen LogP contribution >= 0.6 is 11.6 Å². The molecule has 3 N–H and O–H groups in total. The Hall–Kier alpha value is -7.39. The topological polar surface area (TPSA) is 244 Å². The maximum absolute atomic E-state index is 14.5. The van der Waals surface area contributed by atoms with Gasteiger partial charge in [0.2, 0.25) is 11.8 Å². The number of nitrogens with zero attached hydrogens (tertiary/aromatic N) is 9. The summed E-state index contributed by atoms with van der Waals surface area (Å²) in [6.07, 6.45) is 1.48. The molecule has 2 aromatic heterocycles. The van der Waals surface area contributed by atoms with E-state index in [1.807, 2.05) is 4.90 Å². The standard InChI is InChI=1S/C45H48ClN11O10/c1-45(2,3)67-44(65)57-33-11-9-32(23-29(33)24-37(57)42(62)63)48-38(58)36(55-17-16-54(40(60)41(55)61)35-25-30(46)6-10-34(35)56-26-47-50-51-56)22-27-4-7-31(8-5-27)49-43(64)53-14-12-28(13-15-53)39(59)52-18-20-66-21-19-52/h4-11,23-26,28,36H,12-22H2,1-3H3,(H,48,58)(H,49,64)(H,62,63). The number of hydrogen-bond acceptors (Lipinski definition) is 12. The summed E-state index contributed by atoms with van der Waals surface area (Å²) in [7, 11) is 0. The molecule has 3 saturated heterocycles. The lowest BCUT2D eigenvalue weighted by Crippen LogP contribution is -2.60. The number of ether oxygens (including phenoxy) is 2. The van der Waals surface area contributed by atoms with Crippen molar-refractivity contribution in [2.45, 2.75) is 51.7 Å². The fourth-order valence-electron chi connectivity index (χ4n) is 8.40. The maximum Gasteiger partial charge on any atom is 0.419 e. The van der Waals surface area contributed by atoms with Gasteiger partial charge in [-0.15, -0.1) is 5.10 Å². The van der Waals surface area contributed by atoms with E-state index in [1.54, 1.807) is 62.1 Å². The van der Waals surface area contributed by atoms with Crippen LogP contribution in [0.2, 0.25) is 5.02 Å². The third-order valence-corrected chi connectivity index (χ3v) is 11.9. The summed E-state index contributed by atoms with van der Waals surface area (Å²) in [5, 5.41) is 27.6. The number of urea groups is 1. The van der Waals surface area contributed by atoms with Gasteiger partial charge in [-0.05, 0) is 104 Å². The molecule has 5 aromatic rings. The minimum absolute atomic E-state index is 0.0322. The van der Waals surface area contributed by atoms with Crippen molar-refractivity contribution in [1.29, 1.82) is 0 Å². The van der Waals surface area contributed by atoms with Crippen molar-refractivity contribution >= 4 is 81.3 Å². The molecule has 5 heterocycles. The van der Waals surface area contributed by atoms with Crippen LogP contribution in [0.3, 0.4) is 0 Å². The monoisotopic (exact) mass is 937 g/mol. The quantitative estimate of drug-likeness (QED) is 0.166. The number of hydrogen-bond donors (Lipinski definition) is 3. The molecule has 0 radical (unpaired) electrons. The average Bonchev–Trinajstić information content (AvgIpc) is 3.99. The number of piperidine rings is 1. The van der Waals surface area contributed by atoms with Gasteiger partial charge >= 0.3 is 29.9 Å². The molecule has 21 nitrogen and oxygen atoms in total. The van der Waals surface area contributed by atoms with E-state index in [9.17, 15) is 38.7 Å². The van der Waals surface area contributed by atoms with Gasteiger partial charge in [0, 0.05) is 73.4 Å². The van der Waals surface area contributed by atoms with Crippen LogP contribution in [0.1, 0.15) is 49.7 Å². The number of nitrogens with one attached hydrogen (secondary N) is 2. The number of carbonyl (C=O) groups is 7. The SMILES string of the molecule is CC(C)(C)OC(=O)n1c(C(=O)O)cc2cc(NC(=O)C(Cc3ccc(NC(=O)N4CCC(C(=O)N5CCOCC5)CC4)cc3)N3CCN(c4cc(Cl)ccc4-n4cnnn4)C(=O)C3=O)ccc21. The number of carbonyl (C=O) groups excluding carboxylic acids is 6. The minimum atomic E-state index is -1.37. The molecule has 0 aliphatic carbocycles. The summed E-state index contributed by atoms with van der Waals surface area (Å²) < 4.78 is 13.1. The van der Waals surface area contributed by atoms with Crippen LogP contribution in [0.4, 0.5) is 26.7 Å². The molecule has 3 aliphatic rings. The summed E-state index contributed by atoms with van der Waals surface area (Å²) in [6, 6.07) is 15.6. The lowest BCUT2D eigenvalue weighted by Gasteiger charge is -2.38. The molecule has 6 amide bonds. The number of morpholine rings is 1. The highest BCUT2D eigenvalue weighted by Crippen LogP contribution is 2.31. The van der Waals surface area contributed by atoms with Crippen LogP contribution in [-0.2, 0) is 35.1 Å². The highest BCUT2D eigenvalue weighted by Gasteiger charge is 2.41. The van der Waals surface area contributed by atoms with E-state index in [1.165, 1.54) is 51.1 Å². The van der Waals surface area contributed by atoms with Gasteiger partial charge in [0.1, 0.15) is 23.7 Å². The summed E-state index contributed by atoms with van der Waals surface area (Å²) >= 11 is 6.35. The van der Waals surface area contributed by atoms with Crippen LogP contribution in [-0.4, -0.2) is 150 Å². The summed E-state index contributed by atoms with van der Waals surface area (Å²) in [5.41, 5.74) is 0.900. The van der Waals surface area contributed by atoms with Crippen molar-refractivity contribution in [2.75, 3.05) is 68.0 Å². The second-order valence-electron chi connectivity index (χ2n) is 17.3. The number of benzene rings is 3. The number of likely N-dealkylation sites (tertiary alicyclic amines) is 1. The van der Waals surface area contributed by atoms with Crippen LogP contribution in [0.5, 0.6) is 0 Å². The highest BCUT2D eigenvalue weighted by molar-refractivity contribution is 6.41. The van der Waals surface area contributed by atoms with E-state index < -0.39 is 41.4 Å². The molecule has 350 valence electrons. The van der Waals surface area contributed by atoms with Gasteiger partial charge in [0.15, 0.2) is 0 Å². The Morgan fingerprint density at radius 2 is 1.55 bits per heavy atom. The number of carboxylic acids is 1. The lowest BCUT2D eigenvalue weighted by atomic mass is 9.95. The number of tetrazole rings is 1. The number of fused-ring (bicyclic) bond motifs is 1. The smallest absolute Gasteiger partial charge is 0.419 e. The largest absolute Gasteiger partial charge is 0.477 e. The van der Waals surface area contributed by atoms with Gasteiger partial charge in [-0.2, -0.15) is 4.68 Å². The van der Waals surface area contributed by atoms with Gasteiger partial charge in [0.25, 0.3) is 0 Å². The Kier molecular flexibility index (Phi) is 13.2. The summed E-state index contributed by atoms with van der Waals surface area (Å²) in [4.78, 5) is 100. The Morgan fingerprint density at radius 3 is 2.22 bits per heavy atom. The maximum atomic E-state index is 14.5. The normalized spacial score (nSPS) is 16.5. The number of anilines is 3. The van der Waals surface area contributed by atoms with Gasteiger partial charge in [-0.1, -0.05) is 23.7 Å². The van der Waals surface area contributed by atoms with Crippen molar-refractivity contribution in [3.63, 3.8) is 0 Å². The Balaban J connectivity index is 1.01. The second kappa shape index (κ2) is 19.2. The van der Waals surface area contributed by atoms with E-state index in [4.69, 9.17) is 21.1 Å². The second-order valence-corrected chi connectivity index (χ2v) is 17.7. The fourth-order valence-corrected chi connectivity index (χ4v) is 8.57. The third kappa shape index (κ3) is 10.2. The predicted octanol–water partition coefficient (Wildman–Crippen LogP) is 4.28. The van der Waals surface area contributed by atoms with E-state index in [2.05, 4.69) is 26.2 Å². The predicted molar refractivity (Wildman–Crippen MR) is 242 cm³/mol. The molecule has 1 unspecified atom stereocenters. The number of piperazine rings is 1. The van der Waals surface area contributed by atoms with Crippen molar-refractivity contribution in [1.82, 2.24) is 39.5 Å². The molecule has 3 aromatic carbocycles. The van der Waals surface area contributed by atoms with Gasteiger partial charge in [-0.3, -0.25) is 19.2 Å². The fraction of sp³-hybridized carbons (Fsp3) is 0.378. The molecule has 1 atom stereocenters. The minimum Gasteiger partial charge on any atom is -0.477 e. The first-order valence-electron chi connectivity index (χ1n) is 21.6. The van der Waals surface area contributed by atoms with E-state index >= 15 is 0 Å². The molecule has 67 heavy (non-hydrogen) atoms. The number of carboxylic acid groups (broad SMARTS) is 1. The Morgan fingerprint density at radius 1 is 0.836 bits per heavy atom. The zero-order chi connectivity index (χ0) is 47.6. The van der Waals surface area contributed by atoms with Gasteiger partial charge < -0.3 is 44.8 Å². The molecule has 8 rings (SSSR count). The van der Waals surface area contributed by atoms with Crippen LogP contribution in [0.15, 0.2) is 73.1 Å². The van der Waals surface area contributed by atoms with Gasteiger partial charge in [0.05, 0.1) is 30.1 Å². The molecule has 22 heteroatoms. The van der Waals surface area contributed by atoms with Crippen LogP contribution < -0.4 is 15.5 Å². The molecule has 0 spiro atoms. The van der Waals surface area contributed by atoms with Crippen LogP contribution in [0, 0.1) is 5.92 Å². The number of amides is 6. The molecule has 3 aliphatic heterocycles.